The van der Waals surface area contributed by atoms with E-state index in [4.69, 9.17) is 5.11 Å². The highest BCUT2D eigenvalue weighted by Gasteiger charge is 2.05. The maximum absolute atomic E-state index is 10.5. The van der Waals surface area contributed by atoms with Crippen molar-refractivity contribution in [2.45, 2.75) is 200 Å². The smallest absolute Gasteiger partial charge is 0.303 e. The Morgan fingerprint density at radius 1 is 0.500 bits per heavy atom. The maximum Gasteiger partial charge on any atom is 0.303 e. The first-order valence-electron chi connectivity index (χ1n) is 21.1. The van der Waals surface area contributed by atoms with Crippen LogP contribution in [-0.4, -0.2) is 21.0 Å². The summed E-state index contributed by atoms with van der Waals surface area (Å²) in [5, 5.41) is 8.67. The number of allylic oxidation sites excluding steroid dienone is 4. The molecule has 0 aliphatic carbocycles. The zero-order valence-corrected chi connectivity index (χ0v) is 32.2. The number of carboxylic acid groups (broad SMARTS) is 1. The van der Waals surface area contributed by atoms with Crippen molar-refractivity contribution in [3.05, 3.63) is 72.1 Å². The molecule has 0 radical (unpaired) electrons. The lowest BCUT2D eigenvalue weighted by Gasteiger charge is -2.07. The lowest BCUT2D eigenvalue weighted by atomic mass is 10.0. The standard InChI is InChI=1S/C46H74N2O2/c1-2-3-4-5-6-7-8-9-10-12-15-18-21-24-27-30-33-42-36-38-47-44(40-42)45-41-43(37-39-48-45)34-31-28-25-22-19-16-13-11-14-17-20-23-26-29-32-35-46(49)50/h9-11,14,36-41H,2-8,12-13,15-35H2,1H3,(H,49,50)/b10-9+,14-11+. The minimum absolute atomic E-state index is 0.317. The van der Waals surface area contributed by atoms with Gasteiger partial charge in [0.15, 0.2) is 0 Å². The molecule has 280 valence electrons. The Kier molecular flexibility index (Phi) is 27.9. The molecular weight excluding hydrogens is 613 g/mol. The van der Waals surface area contributed by atoms with Crippen LogP contribution in [0, 0.1) is 0 Å². The monoisotopic (exact) mass is 687 g/mol. The van der Waals surface area contributed by atoms with E-state index in [0.717, 1.165) is 49.9 Å². The van der Waals surface area contributed by atoms with Crippen LogP contribution in [0.1, 0.15) is 198 Å². The van der Waals surface area contributed by atoms with Crippen LogP contribution in [0.5, 0.6) is 0 Å². The molecule has 0 unspecified atom stereocenters. The van der Waals surface area contributed by atoms with E-state index in [-0.39, 0.29) is 0 Å². The first kappa shape index (κ1) is 43.4. The molecule has 50 heavy (non-hydrogen) atoms. The van der Waals surface area contributed by atoms with Gasteiger partial charge >= 0.3 is 5.97 Å². The summed E-state index contributed by atoms with van der Waals surface area (Å²) in [6.45, 7) is 2.29. The van der Waals surface area contributed by atoms with Crippen molar-refractivity contribution in [2.75, 3.05) is 0 Å². The van der Waals surface area contributed by atoms with Crippen LogP contribution in [0.3, 0.4) is 0 Å². The normalized spacial score (nSPS) is 11.7. The van der Waals surface area contributed by atoms with Crippen LogP contribution in [0.15, 0.2) is 61.0 Å². The molecule has 0 amide bonds. The minimum Gasteiger partial charge on any atom is -0.481 e. The topological polar surface area (TPSA) is 63.1 Å². The molecule has 2 rings (SSSR count). The summed E-state index contributed by atoms with van der Waals surface area (Å²) >= 11 is 0. The molecule has 2 heterocycles. The van der Waals surface area contributed by atoms with Gasteiger partial charge in [0.05, 0.1) is 11.4 Å². The second-order valence-corrected chi connectivity index (χ2v) is 14.6. The van der Waals surface area contributed by atoms with E-state index in [1.54, 1.807) is 0 Å². The molecule has 0 saturated heterocycles. The van der Waals surface area contributed by atoms with Crippen LogP contribution in [-0.2, 0) is 17.6 Å². The summed E-state index contributed by atoms with van der Waals surface area (Å²) in [5.74, 6) is -0.670. The van der Waals surface area contributed by atoms with Crippen molar-refractivity contribution >= 4 is 5.97 Å². The van der Waals surface area contributed by atoms with Gasteiger partial charge in [-0.3, -0.25) is 14.8 Å². The lowest BCUT2D eigenvalue weighted by Crippen LogP contribution is -1.94. The van der Waals surface area contributed by atoms with Crippen molar-refractivity contribution in [3.8, 4) is 11.4 Å². The van der Waals surface area contributed by atoms with Crippen molar-refractivity contribution in [1.29, 1.82) is 0 Å². The zero-order valence-electron chi connectivity index (χ0n) is 32.2. The molecule has 0 aromatic carbocycles. The molecule has 0 bridgehead atoms. The first-order chi connectivity index (χ1) is 24.7. The summed E-state index contributed by atoms with van der Waals surface area (Å²) in [4.78, 5) is 19.9. The number of aliphatic carboxylic acids is 1. The summed E-state index contributed by atoms with van der Waals surface area (Å²) in [5.41, 5.74) is 4.78. The Labute approximate surface area is 308 Å². The number of hydrogen-bond donors (Lipinski definition) is 1. The molecule has 0 spiro atoms. The number of aryl methyl sites for hydroxylation is 2. The highest BCUT2D eigenvalue weighted by Crippen LogP contribution is 2.20. The van der Waals surface area contributed by atoms with Crippen LogP contribution < -0.4 is 0 Å². The lowest BCUT2D eigenvalue weighted by molar-refractivity contribution is -0.137. The molecule has 0 saturated carbocycles. The number of hydrogen-bond acceptors (Lipinski definition) is 3. The van der Waals surface area contributed by atoms with E-state index < -0.39 is 5.97 Å². The van der Waals surface area contributed by atoms with Crippen molar-refractivity contribution in [2.24, 2.45) is 0 Å². The highest BCUT2D eigenvalue weighted by atomic mass is 16.4. The highest BCUT2D eigenvalue weighted by molar-refractivity contribution is 5.66. The minimum atomic E-state index is -0.670. The number of carboxylic acids is 1. The predicted octanol–water partition coefficient (Wildman–Crippen LogP) is 14.4. The Hall–Kier alpha value is -2.75. The van der Waals surface area contributed by atoms with Gasteiger partial charge in [-0.15, -0.1) is 0 Å². The van der Waals surface area contributed by atoms with E-state index in [1.165, 1.54) is 159 Å². The molecular formula is C46H74N2O2. The van der Waals surface area contributed by atoms with E-state index in [0.29, 0.717) is 6.42 Å². The van der Waals surface area contributed by atoms with E-state index in [1.807, 2.05) is 12.4 Å². The number of unbranched alkanes of at least 4 members (excludes halogenated alkanes) is 23. The molecule has 2 aromatic heterocycles. The Balaban J connectivity index is 1.47. The van der Waals surface area contributed by atoms with Crippen LogP contribution >= 0.6 is 0 Å². The second-order valence-electron chi connectivity index (χ2n) is 14.6. The number of carbonyl (C=O) groups is 1. The molecule has 0 fully saturated rings. The quantitative estimate of drug-likeness (QED) is 0.0588. The fraction of sp³-hybridized carbons (Fsp3) is 0.674. The van der Waals surface area contributed by atoms with Gasteiger partial charge in [-0.1, -0.05) is 134 Å². The Morgan fingerprint density at radius 2 is 0.840 bits per heavy atom. The third kappa shape index (κ3) is 25.2. The average molecular weight is 687 g/mol. The molecule has 0 aliphatic rings. The van der Waals surface area contributed by atoms with E-state index in [2.05, 4.69) is 65.5 Å². The Bertz CT molecular complexity index is 1140. The number of rotatable bonds is 34. The fourth-order valence-corrected chi connectivity index (χ4v) is 6.72. The van der Waals surface area contributed by atoms with Gasteiger partial charge in [0.2, 0.25) is 0 Å². The molecule has 0 aliphatic heterocycles. The summed E-state index contributed by atoms with van der Waals surface area (Å²) in [7, 11) is 0. The van der Waals surface area contributed by atoms with Crippen LogP contribution in [0.4, 0.5) is 0 Å². The third-order valence-corrected chi connectivity index (χ3v) is 9.90. The average Bonchev–Trinajstić information content (AvgIpc) is 3.13. The molecule has 4 nitrogen and oxygen atoms in total. The van der Waals surface area contributed by atoms with Crippen molar-refractivity contribution < 1.29 is 9.90 Å². The van der Waals surface area contributed by atoms with E-state index >= 15 is 0 Å². The van der Waals surface area contributed by atoms with Gasteiger partial charge in [-0.2, -0.15) is 0 Å². The predicted molar refractivity (Wildman–Crippen MR) is 216 cm³/mol. The van der Waals surface area contributed by atoms with E-state index in [9.17, 15) is 4.79 Å². The van der Waals surface area contributed by atoms with Crippen molar-refractivity contribution in [3.63, 3.8) is 0 Å². The zero-order chi connectivity index (χ0) is 35.6. The first-order valence-corrected chi connectivity index (χ1v) is 21.1. The van der Waals surface area contributed by atoms with Gasteiger partial charge < -0.3 is 5.11 Å². The Morgan fingerprint density at radius 3 is 1.22 bits per heavy atom. The molecule has 0 atom stereocenters. The second kappa shape index (κ2) is 32.2. The van der Waals surface area contributed by atoms with Crippen LogP contribution in [0.25, 0.3) is 11.4 Å². The van der Waals surface area contributed by atoms with Gasteiger partial charge in [0, 0.05) is 18.8 Å². The van der Waals surface area contributed by atoms with Gasteiger partial charge in [-0.05, 0) is 119 Å². The van der Waals surface area contributed by atoms with Gasteiger partial charge in [-0.25, -0.2) is 0 Å². The number of nitrogens with zero attached hydrogens (tertiary/aromatic N) is 2. The number of aromatic nitrogens is 2. The fourth-order valence-electron chi connectivity index (χ4n) is 6.72. The van der Waals surface area contributed by atoms with Gasteiger partial charge in [0.25, 0.3) is 0 Å². The van der Waals surface area contributed by atoms with Crippen LogP contribution in [0.2, 0.25) is 0 Å². The largest absolute Gasteiger partial charge is 0.481 e. The third-order valence-electron chi connectivity index (χ3n) is 9.90. The summed E-state index contributed by atoms with van der Waals surface area (Å²) < 4.78 is 0. The molecule has 4 heteroatoms. The molecule has 2 aromatic rings. The van der Waals surface area contributed by atoms with Crippen molar-refractivity contribution in [1.82, 2.24) is 9.97 Å². The molecule has 1 N–H and O–H groups in total. The maximum atomic E-state index is 10.5. The SMILES string of the molecule is CCCCCCCC/C=C/CCCCCCCCc1ccnc(-c2cc(CCCCCCCC/C=C/CCCCCCCC(=O)O)ccn2)c1. The summed E-state index contributed by atoms with van der Waals surface area (Å²) in [6, 6.07) is 8.86. The van der Waals surface area contributed by atoms with Gasteiger partial charge in [0.1, 0.15) is 0 Å². The number of pyridine rings is 2. The summed E-state index contributed by atoms with van der Waals surface area (Å²) in [6.07, 6.45) is 50.5.